The van der Waals surface area contributed by atoms with Crippen molar-refractivity contribution in [3.05, 3.63) is 181 Å². The Morgan fingerprint density at radius 1 is 0.400 bits per heavy atom. The number of nitrogens with zero attached hydrogens (tertiary/aromatic N) is 4. The van der Waals surface area contributed by atoms with Gasteiger partial charge in [-0.3, -0.25) is 0 Å². The fourth-order valence-electron chi connectivity index (χ4n) is 8.55. The van der Waals surface area contributed by atoms with Gasteiger partial charge in [-0.05, 0) is 101 Å². The summed E-state index contributed by atoms with van der Waals surface area (Å²) in [5.74, 6) is 0. The maximum absolute atomic E-state index is 9.84. The zero-order valence-corrected chi connectivity index (χ0v) is 29.4. The third-order valence-electron chi connectivity index (χ3n) is 11.0. The quantitative estimate of drug-likeness (QED) is 0.183. The number of rotatable bonds is 4. The van der Waals surface area contributed by atoms with Gasteiger partial charge in [0.15, 0.2) is 5.58 Å². The predicted octanol–water partition coefficient (Wildman–Crippen LogP) is 12.9. The van der Waals surface area contributed by atoms with E-state index in [-0.39, 0.29) is 0 Å². The largest absolute Gasteiger partial charge is 0.454 e. The molecule has 254 valence electrons. The molecule has 11 rings (SSSR count). The molecule has 5 heteroatoms. The third-order valence-corrected chi connectivity index (χ3v) is 11.0. The molecule has 0 aliphatic carbocycles. The van der Waals surface area contributed by atoms with Crippen LogP contribution in [0.1, 0.15) is 11.1 Å². The van der Waals surface area contributed by atoms with Gasteiger partial charge in [-0.1, -0.05) is 91.0 Å². The standard InChI is InChI=1S/C50H28N4O/c51-29-31-19-23-46-43(25-31)39-15-3-5-17-45(39)53(46)35-11-7-9-33(27-35)37-13-1-2-14-38(37)34-10-8-12-36(28-34)54-47-24-20-32(30-52)26-44(47)41-21-22-42-40-16-4-6-18-48(40)55-50(42)49(41)54/h1-28H. The highest BCUT2D eigenvalue weighted by Crippen LogP contribution is 2.42. The molecular weight excluding hydrogens is 673 g/mol. The summed E-state index contributed by atoms with van der Waals surface area (Å²) in [5.41, 5.74) is 13.5. The highest BCUT2D eigenvalue weighted by atomic mass is 16.3. The summed E-state index contributed by atoms with van der Waals surface area (Å²) in [5, 5.41) is 25.9. The first-order valence-corrected chi connectivity index (χ1v) is 18.2. The van der Waals surface area contributed by atoms with Crippen LogP contribution in [0, 0.1) is 22.7 Å². The van der Waals surface area contributed by atoms with E-state index in [1.54, 1.807) is 0 Å². The molecule has 0 radical (unpaired) electrons. The Morgan fingerprint density at radius 2 is 0.945 bits per heavy atom. The second-order valence-corrected chi connectivity index (χ2v) is 14.0. The lowest BCUT2D eigenvalue weighted by molar-refractivity contribution is 0.671. The van der Waals surface area contributed by atoms with Crippen molar-refractivity contribution in [1.82, 2.24) is 9.13 Å². The lowest BCUT2D eigenvalue weighted by Crippen LogP contribution is -1.96. The molecule has 11 aromatic rings. The molecule has 5 nitrogen and oxygen atoms in total. The van der Waals surface area contributed by atoms with E-state index < -0.39 is 0 Å². The molecule has 0 aliphatic heterocycles. The van der Waals surface area contributed by atoms with Crippen molar-refractivity contribution < 1.29 is 4.42 Å². The van der Waals surface area contributed by atoms with Crippen LogP contribution in [0.25, 0.3) is 99.2 Å². The zero-order chi connectivity index (χ0) is 36.6. The van der Waals surface area contributed by atoms with Crippen molar-refractivity contribution in [1.29, 1.82) is 10.5 Å². The van der Waals surface area contributed by atoms with Gasteiger partial charge in [0.25, 0.3) is 0 Å². The SMILES string of the molecule is N#Cc1ccc2c(c1)c1ccccc1n2-c1cccc(-c2ccccc2-c2cccc(-n3c4ccc(C#N)cc4c4ccc5c6ccccc6oc5c43)c2)c1. The first kappa shape index (κ1) is 30.7. The average molecular weight is 701 g/mol. The van der Waals surface area contributed by atoms with Crippen LogP contribution in [0.2, 0.25) is 0 Å². The van der Waals surface area contributed by atoms with E-state index in [1.807, 2.05) is 54.6 Å². The van der Waals surface area contributed by atoms with Crippen LogP contribution < -0.4 is 0 Å². The maximum atomic E-state index is 9.84. The van der Waals surface area contributed by atoms with Crippen molar-refractivity contribution in [2.24, 2.45) is 0 Å². The van der Waals surface area contributed by atoms with Gasteiger partial charge in [0.1, 0.15) is 5.58 Å². The number of nitriles is 2. The first-order valence-electron chi connectivity index (χ1n) is 18.2. The summed E-state index contributed by atoms with van der Waals surface area (Å²) in [7, 11) is 0. The fraction of sp³-hybridized carbons (Fsp3) is 0. The molecule has 3 aromatic heterocycles. The molecular formula is C50H28N4O. The minimum atomic E-state index is 0.619. The second-order valence-electron chi connectivity index (χ2n) is 14.0. The van der Waals surface area contributed by atoms with E-state index in [9.17, 15) is 10.5 Å². The monoisotopic (exact) mass is 700 g/mol. The summed E-state index contributed by atoms with van der Waals surface area (Å²) in [6, 6.07) is 63.3. The Labute approximate surface area is 315 Å². The lowest BCUT2D eigenvalue weighted by Gasteiger charge is -2.15. The number of benzene rings is 8. The van der Waals surface area contributed by atoms with E-state index in [2.05, 4.69) is 137 Å². The zero-order valence-electron chi connectivity index (χ0n) is 29.4. The number of hydrogen-bond acceptors (Lipinski definition) is 3. The van der Waals surface area contributed by atoms with Crippen LogP contribution in [0.3, 0.4) is 0 Å². The topological polar surface area (TPSA) is 70.6 Å². The summed E-state index contributed by atoms with van der Waals surface area (Å²) >= 11 is 0. The normalized spacial score (nSPS) is 11.6. The average Bonchev–Trinajstić information content (AvgIpc) is 3.91. The molecule has 0 amide bonds. The van der Waals surface area contributed by atoms with Crippen molar-refractivity contribution in [3.63, 3.8) is 0 Å². The van der Waals surface area contributed by atoms with E-state index >= 15 is 0 Å². The van der Waals surface area contributed by atoms with Crippen molar-refractivity contribution >= 4 is 65.6 Å². The van der Waals surface area contributed by atoms with Gasteiger partial charge >= 0.3 is 0 Å². The van der Waals surface area contributed by atoms with Crippen LogP contribution in [-0.4, -0.2) is 9.13 Å². The third kappa shape index (κ3) is 4.58. The van der Waals surface area contributed by atoms with Gasteiger partial charge in [0.05, 0.1) is 45.3 Å². The Balaban J connectivity index is 1.10. The van der Waals surface area contributed by atoms with E-state index in [0.717, 1.165) is 99.2 Å². The lowest BCUT2D eigenvalue weighted by atomic mass is 9.94. The molecule has 0 fully saturated rings. The molecule has 0 bridgehead atoms. The number of fused-ring (bicyclic) bond motifs is 10. The fourth-order valence-corrected chi connectivity index (χ4v) is 8.55. The Morgan fingerprint density at radius 3 is 1.64 bits per heavy atom. The maximum Gasteiger partial charge on any atom is 0.160 e. The molecule has 3 heterocycles. The Bertz CT molecular complexity index is 3470. The smallest absolute Gasteiger partial charge is 0.160 e. The molecule has 0 atom stereocenters. The highest BCUT2D eigenvalue weighted by molar-refractivity contribution is 6.21. The van der Waals surface area contributed by atoms with Crippen LogP contribution in [-0.2, 0) is 0 Å². The summed E-state index contributed by atoms with van der Waals surface area (Å²) < 4.78 is 11.2. The molecule has 0 spiro atoms. The van der Waals surface area contributed by atoms with Crippen molar-refractivity contribution in [2.75, 3.05) is 0 Å². The van der Waals surface area contributed by atoms with E-state index in [0.29, 0.717) is 11.1 Å². The predicted molar refractivity (Wildman–Crippen MR) is 223 cm³/mol. The molecule has 0 saturated heterocycles. The number of para-hydroxylation sites is 2. The van der Waals surface area contributed by atoms with Gasteiger partial charge < -0.3 is 13.6 Å². The van der Waals surface area contributed by atoms with Gasteiger partial charge in [0, 0.05) is 43.7 Å². The van der Waals surface area contributed by atoms with Crippen LogP contribution in [0.4, 0.5) is 0 Å². The van der Waals surface area contributed by atoms with Crippen molar-refractivity contribution in [3.8, 4) is 45.8 Å². The minimum Gasteiger partial charge on any atom is -0.454 e. The van der Waals surface area contributed by atoms with Gasteiger partial charge in [0.2, 0.25) is 0 Å². The summed E-state index contributed by atoms with van der Waals surface area (Å²) in [4.78, 5) is 0. The van der Waals surface area contributed by atoms with E-state index in [4.69, 9.17) is 4.42 Å². The Hall–Kier alpha value is -7.86. The Kier molecular flexibility index (Phi) is 6.61. The van der Waals surface area contributed by atoms with Crippen LogP contribution in [0.5, 0.6) is 0 Å². The molecule has 0 unspecified atom stereocenters. The summed E-state index contributed by atoms with van der Waals surface area (Å²) in [6.45, 7) is 0. The molecule has 55 heavy (non-hydrogen) atoms. The summed E-state index contributed by atoms with van der Waals surface area (Å²) in [6.07, 6.45) is 0. The van der Waals surface area contributed by atoms with Crippen molar-refractivity contribution in [2.45, 2.75) is 0 Å². The molecule has 0 N–H and O–H groups in total. The van der Waals surface area contributed by atoms with E-state index in [1.165, 1.54) is 0 Å². The second kappa shape index (κ2) is 11.8. The van der Waals surface area contributed by atoms with Gasteiger partial charge in [-0.2, -0.15) is 10.5 Å². The van der Waals surface area contributed by atoms with Crippen LogP contribution in [0.15, 0.2) is 174 Å². The molecule has 0 saturated carbocycles. The molecule has 0 aliphatic rings. The number of furan rings is 1. The van der Waals surface area contributed by atoms with Crippen LogP contribution >= 0.6 is 0 Å². The highest BCUT2D eigenvalue weighted by Gasteiger charge is 2.20. The minimum absolute atomic E-state index is 0.619. The number of hydrogen-bond donors (Lipinski definition) is 0. The first-order chi connectivity index (χ1) is 27.2. The van der Waals surface area contributed by atoms with Gasteiger partial charge in [-0.15, -0.1) is 0 Å². The van der Waals surface area contributed by atoms with Gasteiger partial charge in [-0.25, -0.2) is 0 Å². The molecule has 8 aromatic carbocycles. The number of aromatic nitrogens is 2.